The van der Waals surface area contributed by atoms with E-state index in [-0.39, 0.29) is 0 Å². The highest BCUT2D eigenvalue weighted by Gasteiger charge is 2.03. The van der Waals surface area contributed by atoms with Crippen molar-refractivity contribution in [3.05, 3.63) is 32.6 Å². The molecular formula is C13H17BrN4S. The lowest BCUT2D eigenvalue weighted by molar-refractivity contribution is 0.944. The van der Waals surface area contributed by atoms with Crippen molar-refractivity contribution in [2.45, 2.75) is 26.8 Å². The van der Waals surface area contributed by atoms with Gasteiger partial charge in [-0.05, 0) is 35.3 Å². The normalized spacial score (nSPS) is 10.5. The molecule has 2 aromatic rings. The highest BCUT2D eigenvalue weighted by molar-refractivity contribution is 9.10. The molecule has 0 saturated heterocycles. The highest BCUT2D eigenvalue weighted by Crippen LogP contribution is 2.20. The first-order valence-corrected chi connectivity index (χ1v) is 7.91. The Morgan fingerprint density at radius 1 is 1.26 bits per heavy atom. The summed E-state index contributed by atoms with van der Waals surface area (Å²) in [5.74, 6) is 1.55. The number of thiophene rings is 1. The molecule has 0 aliphatic carbocycles. The summed E-state index contributed by atoms with van der Waals surface area (Å²) in [6.07, 6.45) is 1.06. The molecule has 2 aromatic heterocycles. The van der Waals surface area contributed by atoms with Crippen LogP contribution in [0.2, 0.25) is 0 Å². The Morgan fingerprint density at radius 2 is 2.11 bits per heavy atom. The minimum atomic E-state index is 0.691. The predicted octanol–water partition coefficient (Wildman–Crippen LogP) is 4.04. The van der Waals surface area contributed by atoms with E-state index >= 15 is 0 Å². The number of hydrogen-bond donors (Lipinski definition) is 2. The summed E-state index contributed by atoms with van der Waals surface area (Å²) in [5, 5.41) is 8.62. The van der Waals surface area contributed by atoms with Gasteiger partial charge < -0.3 is 10.6 Å². The largest absolute Gasteiger partial charge is 0.365 e. The van der Waals surface area contributed by atoms with Crippen LogP contribution in [0.5, 0.6) is 0 Å². The lowest BCUT2D eigenvalue weighted by Gasteiger charge is -2.08. The second kappa shape index (κ2) is 6.86. The van der Waals surface area contributed by atoms with Crippen LogP contribution in [-0.4, -0.2) is 16.5 Å². The first-order chi connectivity index (χ1) is 9.17. The Balaban J connectivity index is 2.01. The van der Waals surface area contributed by atoms with E-state index in [1.165, 1.54) is 4.88 Å². The third kappa shape index (κ3) is 4.47. The standard InChI is InChI=1S/C13H17BrN4S/c1-3-4-15-13-17-9(2)5-12(18-13)16-7-11-6-10(14)8-19-11/h5-6,8H,3-4,7H2,1-2H3,(H2,15,16,17,18). The number of nitrogens with one attached hydrogen (secondary N) is 2. The number of anilines is 2. The molecular weight excluding hydrogens is 324 g/mol. The van der Waals surface area contributed by atoms with Gasteiger partial charge in [-0.15, -0.1) is 11.3 Å². The molecule has 2 rings (SSSR count). The quantitative estimate of drug-likeness (QED) is 0.832. The molecule has 102 valence electrons. The van der Waals surface area contributed by atoms with Gasteiger partial charge in [-0.3, -0.25) is 0 Å². The first kappa shape index (κ1) is 14.3. The average Bonchev–Trinajstić information content (AvgIpc) is 2.79. The van der Waals surface area contributed by atoms with Crippen molar-refractivity contribution in [3.8, 4) is 0 Å². The molecule has 0 unspecified atom stereocenters. The fourth-order valence-corrected chi connectivity index (χ4v) is 2.99. The Labute approximate surface area is 125 Å². The molecule has 0 aliphatic rings. The van der Waals surface area contributed by atoms with E-state index in [9.17, 15) is 0 Å². The van der Waals surface area contributed by atoms with Crippen LogP contribution in [0.25, 0.3) is 0 Å². The van der Waals surface area contributed by atoms with Gasteiger partial charge >= 0.3 is 0 Å². The number of halogens is 1. The van der Waals surface area contributed by atoms with Gasteiger partial charge in [0.15, 0.2) is 0 Å². The van der Waals surface area contributed by atoms with E-state index in [0.717, 1.165) is 35.5 Å². The van der Waals surface area contributed by atoms with Crippen LogP contribution in [-0.2, 0) is 6.54 Å². The minimum absolute atomic E-state index is 0.691. The molecule has 2 N–H and O–H groups in total. The molecule has 0 radical (unpaired) electrons. The molecule has 0 amide bonds. The van der Waals surface area contributed by atoms with E-state index in [0.29, 0.717) is 5.95 Å². The van der Waals surface area contributed by atoms with Crippen molar-refractivity contribution in [1.29, 1.82) is 0 Å². The van der Waals surface area contributed by atoms with Crippen molar-refractivity contribution in [2.24, 2.45) is 0 Å². The Bertz CT molecular complexity index is 541. The van der Waals surface area contributed by atoms with Gasteiger partial charge in [0.25, 0.3) is 0 Å². The second-order valence-electron chi connectivity index (χ2n) is 4.23. The van der Waals surface area contributed by atoms with Crippen LogP contribution < -0.4 is 10.6 Å². The second-order valence-corrected chi connectivity index (χ2v) is 6.14. The van der Waals surface area contributed by atoms with E-state index in [1.54, 1.807) is 11.3 Å². The molecule has 0 saturated carbocycles. The van der Waals surface area contributed by atoms with Gasteiger partial charge in [-0.2, -0.15) is 4.98 Å². The van der Waals surface area contributed by atoms with Gasteiger partial charge in [-0.25, -0.2) is 4.98 Å². The predicted molar refractivity (Wildman–Crippen MR) is 84.9 cm³/mol. The van der Waals surface area contributed by atoms with Crippen LogP contribution >= 0.6 is 27.3 Å². The third-order valence-corrected chi connectivity index (χ3v) is 4.15. The average molecular weight is 341 g/mol. The van der Waals surface area contributed by atoms with Crippen LogP contribution in [0.1, 0.15) is 23.9 Å². The Morgan fingerprint density at radius 3 is 2.79 bits per heavy atom. The minimum Gasteiger partial charge on any atom is -0.365 e. The summed E-state index contributed by atoms with van der Waals surface area (Å²) < 4.78 is 1.12. The fraction of sp³-hybridized carbons (Fsp3) is 0.385. The van der Waals surface area contributed by atoms with Crippen molar-refractivity contribution in [3.63, 3.8) is 0 Å². The summed E-state index contributed by atoms with van der Waals surface area (Å²) in [5.41, 5.74) is 0.962. The smallest absolute Gasteiger partial charge is 0.224 e. The number of aromatic nitrogens is 2. The monoisotopic (exact) mass is 340 g/mol. The summed E-state index contributed by atoms with van der Waals surface area (Å²) in [7, 11) is 0. The van der Waals surface area contributed by atoms with Gasteiger partial charge in [0.05, 0.1) is 6.54 Å². The number of aryl methyl sites for hydroxylation is 1. The molecule has 0 atom stereocenters. The molecule has 19 heavy (non-hydrogen) atoms. The molecule has 0 bridgehead atoms. The maximum absolute atomic E-state index is 4.45. The first-order valence-electron chi connectivity index (χ1n) is 6.23. The lowest BCUT2D eigenvalue weighted by atomic mass is 10.4. The van der Waals surface area contributed by atoms with Crippen molar-refractivity contribution < 1.29 is 0 Å². The van der Waals surface area contributed by atoms with Crippen molar-refractivity contribution in [1.82, 2.24) is 9.97 Å². The number of nitrogens with zero attached hydrogens (tertiary/aromatic N) is 2. The van der Waals surface area contributed by atoms with E-state index in [4.69, 9.17) is 0 Å². The third-order valence-electron chi connectivity index (χ3n) is 2.45. The van der Waals surface area contributed by atoms with Crippen molar-refractivity contribution in [2.75, 3.05) is 17.2 Å². The lowest BCUT2D eigenvalue weighted by Crippen LogP contribution is -2.08. The van der Waals surface area contributed by atoms with Crippen LogP contribution in [0.4, 0.5) is 11.8 Å². The molecule has 0 aliphatic heterocycles. The molecule has 0 fully saturated rings. The molecule has 4 nitrogen and oxygen atoms in total. The molecule has 0 aromatic carbocycles. The Hall–Kier alpha value is -1.14. The maximum atomic E-state index is 4.45. The van der Waals surface area contributed by atoms with E-state index < -0.39 is 0 Å². The maximum Gasteiger partial charge on any atom is 0.224 e. The van der Waals surface area contributed by atoms with Gasteiger partial charge in [0.2, 0.25) is 5.95 Å². The fourth-order valence-electron chi connectivity index (χ4n) is 1.60. The van der Waals surface area contributed by atoms with Gasteiger partial charge in [0, 0.05) is 33.0 Å². The van der Waals surface area contributed by atoms with E-state index in [1.807, 2.05) is 13.0 Å². The zero-order valence-electron chi connectivity index (χ0n) is 11.0. The highest BCUT2D eigenvalue weighted by atomic mass is 79.9. The van der Waals surface area contributed by atoms with Crippen LogP contribution in [0, 0.1) is 6.92 Å². The zero-order valence-corrected chi connectivity index (χ0v) is 13.4. The molecule has 0 spiro atoms. The van der Waals surface area contributed by atoms with E-state index in [2.05, 4.69) is 54.9 Å². The zero-order chi connectivity index (χ0) is 13.7. The summed E-state index contributed by atoms with van der Waals surface area (Å²) >= 11 is 5.18. The molecule has 6 heteroatoms. The van der Waals surface area contributed by atoms with Crippen LogP contribution in [0.3, 0.4) is 0 Å². The van der Waals surface area contributed by atoms with Crippen LogP contribution in [0.15, 0.2) is 22.0 Å². The summed E-state index contributed by atoms with van der Waals surface area (Å²) in [6.45, 7) is 5.77. The number of hydrogen-bond acceptors (Lipinski definition) is 5. The topological polar surface area (TPSA) is 49.8 Å². The van der Waals surface area contributed by atoms with Gasteiger partial charge in [-0.1, -0.05) is 6.92 Å². The van der Waals surface area contributed by atoms with Gasteiger partial charge in [0.1, 0.15) is 5.82 Å². The molecule has 2 heterocycles. The summed E-state index contributed by atoms with van der Waals surface area (Å²) in [4.78, 5) is 10.1. The Kier molecular flexibility index (Phi) is 5.15. The number of rotatable bonds is 6. The van der Waals surface area contributed by atoms with Crippen molar-refractivity contribution >= 4 is 39.0 Å². The summed E-state index contributed by atoms with van der Waals surface area (Å²) in [6, 6.07) is 4.07. The SMILES string of the molecule is CCCNc1nc(C)cc(NCc2cc(Br)cs2)n1.